The fourth-order valence-corrected chi connectivity index (χ4v) is 4.53. The molecule has 3 aromatic rings. The summed E-state index contributed by atoms with van der Waals surface area (Å²) in [6, 6.07) is 6.87. The van der Waals surface area contributed by atoms with Crippen LogP contribution in [-0.4, -0.2) is 9.55 Å². The van der Waals surface area contributed by atoms with Crippen molar-refractivity contribution in [2.75, 3.05) is 0 Å². The molecule has 0 radical (unpaired) electrons. The average Bonchev–Trinajstić information content (AvgIpc) is 3.01. The Hall–Kier alpha value is -2.01. The first-order valence-electron chi connectivity index (χ1n) is 8.38. The summed E-state index contributed by atoms with van der Waals surface area (Å²) in [6.07, 6.45) is 6.02. The minimum Gasteiger partial charge on any atom is -0.295 e. The Morgan fingerprint density at radius 1 is 1.17 bits per heavy atom. The maximum atomic E-state index is 14.1. The number of fused-ring (bicyclic) bond motifs is 1. The van der Waals surface area contributed by atoms with Crippen molar-refractivity contribution < 1.29 is 4.39 Å². The molecule has 1 aliphatic rings. The molecule has 1 fully saturated rings. The average molecular weight is 342 g/mol. The van der Waals surface area contributed by atoms with Gasteiger partial charge in [-0.3, -0.25) is 9.36 Å². The zero-order valence-electron chi connectivity index (χ0n) is 13.5. The van der Waals surface area contributed by atoms with Crippen molar-refractivity contribution in [2.24, 2.45) is 5.92 Å². The molecule has 2 heterocycles. The Labute approximate surface area is 143 Å². The van der Waals surface area contributed by atoms with Crippen molar-refractivity contribution in [3.05, 3.63) is 52.1 Å². The van der Waals surface area contributed by atoms with Gasteiger partial charge in [0, 0.05) is 22.5 Å². The zero-order valence-corrected chi connectivity index (χ0v) is 14.4. The summed E-state index contributed by atoms with van der Waals surface area (Å²) in [6.45, 7) is 2.26. The Bertz CT molecular complexity index is 938. The molecule has 3 nitrogen and oxygen atoms in total. The van der Waals surface area contributed by atoms with Crippen LogP contribution in [0.5, 0.6) is 0 Å². The van der Waals surface area contributed by atoms with Crippen LogP contribution in [0, 0.1) is 11.7 Å². The first kappa shape index (κ1) is 15.5. The van der Waals surface area contributed by atoms with Crippen LogP contribution >= 0.6 is 11.3 Å². The van der Waals surface area contributed by atoms with Crippen LogP contribution in [0.3, 0.4) is 0 Å². The Balaban J connectivity index is 1.79. The molecule has 24 heavy (non-hydrogen) atoms. The first-order chi connectivity index (χ1) is 11.6. The van der Waals surface area contributed by atoms with Crippen LogP contribution in [0.1, 0.15) is 38.6 Å². The zero-order chi connectivity index (χ0) is 16.7. The fourth-order valence-electron chi connectivity index (χ4n) is 3.57. The maximum Gasteiger partial charge on any atom is 0.271 e. The molecule has 4 rings (SSSR count). The Kier molecular flexibility index (Phi) is 3.96. The summed E-state index contributed by atoms with van der Waals surface area (Å²) in [7, 11) is 0. The van der Waals surface area contributed by atoms with Gasteiger partial charge in [-0.1, -0.05) is 25.1 Å². The molecule has 2 aromatic heterocycles. The first-order valence-corrected chi connectivity index (χ1v) is 9.26. The number of rotatable bonds is 2. The third-order valence-electron chi connectivity index (χ3n) is 5.05. The number of hydrogen-bond acceptors (Lipinski definition) is 3. The van der Waals surface area contributed by atoms with Crippen LogP contribution in [-0.2, 0) is 0 Å². The van der Waals surface area contributed by atoms with Crippen molar-refractivity contribution in [3.63, 3.8) is 0 Å². The molecule has 0 unspecified atom stereocenters. The van der Waals surface area contributed by atoms with E-state index in [0.717, 1.165) is 31.6 Å². The number of aromatic nitrogens is 2. The van der Waals surface area contributed by atoms with Crippen molar-refractivity contribution in [2.45, 2.75) is 38.6 Å². The summed E-state index contributed by atoms with van der Waals surface area (Å²) >= 11 is 1.36. The molecule has 5 heteroatoms. The van der Waals surface area contributed by atoms with Gasteiger partial charge >= 0.3 is 0 Å². The lowest BCUT2D eigenvalue weighted by Crippen LogP contribution is -2.27. The van der Waals surface area contributed by atoms with Gasteiger partial charge in [-0.15, -0.1) is 11.3 Å². The highest BCUT2D eigenvalue weighted by molar-refractivity contribution is 7.17. The van der Waals surface area contributed by atoms with E-state index in [0.29, 0.717) is 21.3 Å². The van der Waals surface area contributed by atoms with Gasteiger partial charge in [-0.2, -0.15) is 0 Å². The number of thiophene rings is 1. The molecule has 0 spiro atoms. The van der Waals surface area contributed by atoms with E-state index in [1.807, 2.05) is 5.38 Å². The van der Waals surface area contributed by atoms with Crippen molar-refractivity contribution >= 4 is 21.6 Å². The minimum absolute atomic E-state index is 0.00661. The van der Waals surface area contributed by atoms with E-state index in [-0.39, 0.29) is 17.4 Å². The number of halogens is 1. The van der Waals surface area contributed by atoms with Crippen LogP contribution in [0.25, 0.3) is 21.3 Å². The number of hydrogen-bond donors (Lipinski definition) is 0. The van der Waals surface area contributed by atoms with Crippen molar-refractivity contribution in [3.8, 4) is 11.1 Å². The van der Waals surface area contributed by atoms with Crippen molar-refractivity contribution in [1.82, 2.24) is 9.55 Å². The van der Waals surface area contributed by atoms with Crippen LogP contribution in [0.2, 0.25) is 0 Å². The van der Waals surface area contributed by atoms with E-state index < -0.39 is 0 Å². The molecule has 0 saturated heterocycles. The lowest BCUT2D eigenvalue weighted by atomic mass is 9.87. The van der Waals surface area contributed by atoms with E-state index in [1.54, 1.807) is 29.1 Å². The molecule has 0 aliphatic heterocycles. The topological polar surface area (TPSA) is 34.9 Å². The molecule has 0 N–H and O–H groups in total. The summed E-state index contributed by atoms with van der Waals surface area (Å²) in [5.41, 5.74) is 1.82. The van der Waals surface area contributed by atoms with Crippen LogP contribution in [0.4, 0.5) is 4.39 Å². The second-order valence-corrected chi connectivity index (χ2v) is 7.56. The largest absolute Gasteiger partial charge is 0.295 e. The summed E-state index contributed by atoms with van der Waals surface area (Å²) in [5, 5.41) is 1.84. The minimum atomic E-state index is -0.288. The van der Waals surface area contributed by atoms with E-state index >= 15 is 0 Å². The SMILES string of the molecule is CC1CCC(n2cnc3c(-c4ccccc4F)csc3c2=O)CC1. The molecule has 124 valence electrons. The van der Waals surface area contributed by atoms with Gasteiger partial charge in [0.1, 0.15) is 10.5 Å². The molecular formula is C19H19FN2OS. The normalized spacial score (nSPS) is 21.2. The highest BCUT2D eigenvalue weighted by Gasteiger charge is 2.22. The summed E-state index contributed by atoms with van der Waals surface area (Å²) < 4.78 is 16.5. The summed E-state index contributed by atoms with van der Waals surface area (Å²) in [5.74, 6) is 0.451. The Morgan fingerprint density at radius 3 is 2.67 bits per heavy atom. The summed E-state index contributed by atoms with van der Waals surface area (Å²) in [4.78, 5) is 17.4. The number of benzene rings is 1. The predicted octanol–water partition coefficient (Wildman–Crippen LogP) is 5.02. The van der Waals surface area contributed by atoms with E-state index in [9.17, 15) is 9.18 Å². The molecular weight excluding hydrogens is 323 g/mol. The number of nitrogens with zero attached hydrogens (tertiary/aromatic N) is 2. The van der Waals surface area contributed by atoms with Gasteiger partial charge in [0.25, 0.3) is 5.56 Å². The van der Waals surface area contributed by atoms with Gasteiger partial charge in [-0.25, -0.2) is 9.37 Å². The standard InChI is InChI=1S/C19H19FN2OS/c1-12-6-8-13(9-7-12)22-11-21-17-15(10-24-18(17)19(22)23)14-4-2-3-5-16(14)20/h2-5,10-13H,6-9H2,1H3. The molecule has 1 aliphatic carbocycles. The van der Waals surface area contributed by atoms with E-state index in [1.165, 1.54) is 17.4 Å². The fraction of sp³-hybridized carbons (Fsp3) is 0.368. The molecule has 0 atom stereocenters. The lowest BCUT2D eigenvalue weighted by molar-refractivity contribution is 0.284. The monoisotopic (exact) mass is 342 g/mol. The van der Waals surface area contributed by atoms with Crippen LogP contribution < -0.4 is 5.56 Å². The second-order valence-electron chi connectivity index (χ2n) is 6.68. The van der Waals surface area contributed by atoms with Gasteiger partial charge in [0.15, 0.2) is 0 Å². The predicted molar refractivity (Wildman–Crippen MR) is 95.9 cm³/mol. The smallest absolute Gasteiger partial charge is 0.271 e. The molecule has 1 aromatic carbocycles. The van der Waals surface area contributed by atoms with Gasteiger partial charge in [0.2, 0.25) is 0 Å². The third kappa shape index (κ3) is 2.57. The van der Waals surface area contributed by atoms with E-state index in [4.69, 9.17) is 0 Å². The highest BCUT2D eigenvalue weighted by atomic mass is 32.1. The van der Waals surface area contributed by atoms with Gasteiger partial charge in [0.05, 0.1) is 11.8 Å². The van der Waals surface area contributed by atoms with E-state index in [2.05, 4.69) is 11.9 Å². The lowest BCUT2D eigenvalue weighted by Gasteiger charge is -2.27. The molecule has 0 amide bonds. The highest BCUT2D eigenvalue weighted by Crippen LogP contribution is 2.34. The van der Waals surface area contributed by atoms with Gasteiger partial charge < -0.3 is 0 Å². The maximum absolute atomic E-state index is 14.1. The third-order valence-corrected chi connectivity index (χ3v) is 6.00. The van der Waals surface area contributed by atoms with Gasteiger partial charge in [-0.05, 0) is 37.7 Å². The molecule has 0 bridgehead atoms. The Morgan fingerprint density at radius 2 is 1.92 bits per heavy atom. The molecule has 1 saturated carbocycles. The second kappa shape index (κ2) is 6.13. The van der Waals surface area contributed by atoms with Crippen molar-refractivity contribution in [1.29, 1.82) is 0 Å². The van der Waals surface area contributed by atoms with Crippen LogP contribution in [0.15, 0.2) is 40.8 Å². The quantitative estimate of drug-likeness (QED) is 0.656.